The molecular weight excluding hydrogens is 323 g/mol. The molecule has 4 nitrogen and oxygen atoms in total. The largest absolute Gasteiger partial charge is 0.463 e. The van der Waals surface area contributed by atoms with Crippen LogP contribution >= 0.6 is 11.6 Å². The molecule has 0 unspecified atom stereocenters. The van der Waals surface area contributed by atoms with Gasteiger partial charge in [0.15, 0.2) is 0 Å². The molecule has 116 valence electrons. The van der Waals surface area contributed by atoms with Crippen LogP contribution in [0, 0.1) is 0 Å². The van der Waals surface area contributed by atoms with Crippen molar-refractivity contribution in [1.29, 1.82) is 0 Å². The fourth-order valence-electron chi connectivity index (χ4n) is 1.25. The van der Waals surface area contributed by atoms with Crippen LogP contribution in [0.1, 0.15) is 10.4 Å². The summed E-state index contributed by atoms with van der Waals surface area (Å²) in [6.07, 6.45) is -6.02. The Balaban J connectivity index is 3.05. The average Bonchev–Trinajstić information content (AvgIpc) is 2.38. The number of hydrogen-bond acceptors (Lipinski definition) is 2. The van der Waals surface area contributed by atoms with E-state index >= 15 is 0 Å². The second-order valence-corrected chi connectivity index (χ2v) is 4.21. The van der Waals surface area contributed by atoms with Gasteiger partial charge in [0, 0.05) is 12.7 Å². The van der Waals surface area contributed by atoms with Crippen molar-refractivity contribution in [2.45, 2.75) is 12.1 Å². The molecule has 1 aromatic rings. The first-order valence-corrected chi connectivity index (χ1v) is 5.66. The SMILES string of the molecule is CNC(=O)c1cc(NC(=O)C(F)(F)C(F)(F)F)ccc1Cl. The number of rotatable bonds is 3. The van der Waals surface area contributed by atoms with Gasteiger partial charge in [-0.25, -0.2) is 0 Å². The number of carbonyl (C=O) groups is 2. The summed E-state index contributed by atoms with van der Waals surface area (Å²) in [5, 5.41) is 3.52. The maximum Gasteiger partial charge on any atom is 0.463 e. The van der Waals surface area contributed by atoms with Gasteiger partial charge in [0.25, 0.3) is 5.91 Å². The normalized spacial score (nSPS) is 12.0. The highest BCUT2D eigenvalue weighted by Crippen LogP contribution is 2.36. The van der Waals surface area contributed by atoms with Crippen molar-refractivity contribution in [3.05, 3.63) is 28.8 Å². The highest BCUT2D eigenvalue weighted by Gasteiger charge is 2.63. The van der Waals surface area contributed by atoms with Crippen LogP contribution in [0.4, 0.5) is 27.6 Å². The van der Waals surface area contributed by atoms with Gasteiger partial charge in [-0.3, -0.25) is 9.59 Å². The molecular formula is C11H8ClF5N2O2. The minimum atomic E-state index is -6.02. The zero-order chi connectivity index (χ0) is 16.4. The van der Waals surface area contributed by atoms with Crippen molar-refractivity contribution in [2.75, 3.05) is 12.4 Å². The number of nitrogens with one attached hydrogen (secondary N) is 2. The molecule has 0 aliphatic rings. The number of benzene rings is 1. The Morgan fingerprint density at radius 1 is 1.14 bits per heavy atom. The van der Waals surface area contributed by atoms with E-state index in [9.17, 15) is 31.5 Å². The first kappa shape index (κ1) is 17.2. The Hall–Kier alpha value is -1.90. The molecule has 0 heterocycles. The number of anilines is 1. The number of alkyl halides is 5. The second kappa shape index (κ2) is 5.84. The number of amides is 2. The maximum atomic E-state index is 12.8. The summed E-state index contributed by atoms with van der Waals surface area (Å²) in [6, 6.07) is 2.94. The standard InChI is InChI=1S/C11H8ClF5N2O2/c1-18-8(20)6-4-5(2-3-7(6)12)19-9(21)10(13,14)11(15,16)17/h2-4H,1H3,(H,18,20)(H,19,21). The smallest absolute Gasteiger partial charge is 0.355 e. The van der Waals surface area contributed by atoms with Crippen molar-refractivity contribution < 1.29 is 31.5 Å². The van der Waals surface area contributed by atoms with Gasteiger partial charge in [0.05, 0.1) is 10.6 Å². The van der Waals surface area contributed by atoms with Crippen molar-refractivity contribution >= 4 is 29.1 Å². The van der Waals surface area contributed by atoms with Gasteiger partial charge >= 0.3 is 18.0 Å². The van der Waals surface area contributed by atoms with Gasteiger partial charge in [-0.15, -0.1) is 0 Å². The number of halogens is 6. The quantitative estimate of drug-likeness (QED) is 0.837. The molecule has 0 fully saturated rings. The molecule has 10 heteroatoms. The maximum absolute atomic E-state index is 12.8. The topological polar surface area (TPSA) is 58.2 Å². The summed E-state index contributed by atoms with van der Waals surface area (Å²) in [7, 11) is 1.27. The van der Waals surface area contributed by atoms with Crippen LogP contribution in [-0.2, 0) is 4.79 Å². The lowest BCUT2D eigenvalue weighted by Gasteiger charge is -2.18. The molecule has 0 radical (unpaired) electrons. The van der Waals surface area contributed by atoms with E-state index in [1.165, 1.54) is 12.4 Å². The van der Waals surface area contributed by atoms with E-state index in [-0.39, 0.29) is 10.6 Å². The van der Waals surface area contributed by atoms with Crippen LogP contribution in [0.3, 0.4) is 0 Å². The molecule has 1 rings (SSSR count). The van der Waals surface area contributed by atoms with Crippen LogP contribution in [0.5, 0.6) is 0 Å². The van der Waals surface area contributed by atoms with Crippen LogP contribution in [0.2, 0.25) is 5.02 Å². The summed E-state index contributed by atoms with van der Waals surface area (Å²) in [4.78, 5) is 22.4. The van der Waals surface area contributed by atoms with Crippen LogP contribution in [0.15, 0.2) is 18.2 Å². The summed E-state index contributed by atoms with van der Waals surface area (Å²) in [5.74, 6) is -8.81. The van der Waals surface area contributed by atoms with E-state index in [0.29, 0.717) is 0 Å². The third kappa shape index (κ3) is 3.60. The van der Waals surface area contributed by atoms with E-state index in [2.05, 4.69) is 5.32 Å². The van der Waals surface area contributed by atoms with Crippen LogP contribution in [-0.4, -0.2) is 31.0 Å². The zero-order valence-corrected chi connectivity index (χ0v) is 11.1. The first-order chi connectivity index (χ1) is 9.50. The molecule has 0 spiro atoms. The van der Waals surface area contributed by atoms with E-state index < -0.39 is 29.6 Å². The van der Waals surface area contributed by atoms with E-state index in [1.807, 2.05) is 0 Å². The molecule has 0 atom stereocenters. The third-order valence-electron chi connectivity index (χ3n) is 2.34. The predicted octanol–water partition coefficient (Wildman–Crippen LogP) is 2.84. The van der Waals surface area contributed by atoms with Gasteiger partial charge in [0.2, 0.25) is 0 Å². The molecule has 0 aliphatic heterocycles. The summed E-state index contributed by atoms with van der Waals surface area (Å²) >= 11 is 5.67. The average molecular weight is 331 g/mol. The molecule has 0 aromatic heterocycles. The molecule has 1 aromatic carbocycles. The van der Waals surface area contributed by atoms with Gasteiger partial charge in [0.1, 0.15) is 0 Å². The molecule has 0 saturated heterocycles. The highest BCUT2D eigenvalue weighted by atomic mass is 35.5. The minimum absolute atomic E-state index is 0.0602. The summed E-state index contributed by atoms with van der Waals surface area (Å²) < 4.78 is 61.6. The lowest BCUT2D eigenvalue weighted by Crippen LogP contribution is -2.47. The predicted molar refractivity (Wildman–Crippen MR) is 64.5 cm³/mol. The lowest BCUT2D eigenvalue weighted by molar-refractivity contribution is -0.267. The van der Waals surface area contributed by atoms with Gasteiger partial charge in [-0.2, -0.15) is 22.0 Å². The Labute approximate surface area is 120 Å². The van der Waals surface area contributed by atoms with Gasteiger partial charge in [-0.05, 0) is 18.2 Å². The van der Waals surface area contributed by atoms with Crippen LogP contribution in [0.25, 0.3) is 0 Å². The van der Waals surface area contributed by atoms with Gasteiger partial charge < -0.3 is 10.6 Å². The van der Waals surface area contributed by atoms with Crippen LogP contribution < -0.4 is 10.6 Å². The molecule has 2 amide bonds. The van der Waals surface area contributed by atoms with Crippen molar-refractivity contribution in [3.8, 4) is 0 Å². The lowest BCUT2D eigenvalue weighted by atomic mass is 10.1. The summed E-state index contributed by atoms with van der Waals surface area (Å²) in [5.41, 5.74) is -0.612. The summed E-state index contributed by atoms with van der Waals surface area (Å²) in [6.45, 7) is 0. The fraction of sp³-hybridized carbons (Fsp3) is 0.273. The Morgan fingerprint density at radius 3 is 2.19 bits per heavy atom. The fourth-order valence-corrected chi connectivity index (χ4v) is 1.45. The van der Waals surface area contributed by atoms with E-state index in [1.54, 1.807) is 0 Å². The molecule has 0 saturated carbocycles. The molecule has 2 N–H and O–H groups in total. The number of hydrogen-bond donors (Lipinski definition) is 2. The van der Waals surface area contributed by atoms with E-state index in [4.69, 9.17) is 11.6 Å². The van der Waals surface area contributed by atoms with Crippen molar-refractivity contribution in [2.24, 2.45) is 0 Å². The second-order valence-electron chi connectivity index (χ2n) is 3.80. The zero-order valence-electron chi connectivity index (χ0n) is 10.3. The number of carbonyl (C=O) groups excluding carboxylic acids is 2. The molecule has 0 aliphatic carbocycles. The highest BCUT2D eigenvalue weighted by molar-refractivity contribution is 6.34. The monoisotopic (exact) mass is 330 g/mol. The Morgan fingerprint density at radius 2 is 1.71 bits per heavy atom. The molecule has 21 heavy (non-hydrogen) atoms. The van der Waals surface area contributed by atoms with Crippen molar-refractivity contribution in [1.82, 2.24) is 5.32 Å². The van der Waals surface area contributed by atoms with E-state index in [0.717, 1.165) is 18.2 Å². The Bertz CT molecular complexity index is 574. The van der Waals surface area contributed by atoms with Crippen molar-refractivity contribution in [3.63, 3.8) is 0 Å². The third-order valence-corrected chi connectivity index (χ3v) is 2.67. The van der Waals surface area contributed by atoms with Gasteiger partial charge in [-0.1, -0.05) is 11.6 Å². The first-order valence-electron chi connectivity index (χ1n) is 5.28. The minimum Gasteiger partial charge on any atom is -0.355 e. The molecule has 0 bridgehead atoms. The Kier molecular flexibility index (Phi) is 4.77.